The van der Waals surface area contributed by atoms with Crippen molar-refractivity contribution in [2.75, 3.05) is 32.0 Å². The SMILES string of the molecule is CC1CNCCN1S(=O)(=O)CCOc1ccccc1F.Cl. The van der Waals surface area contributed by atoms with Crippen molar-refractivity contribution in [2.24, 2.45) is 0 Å². The van der Waals surface area contributed by atoms with E-state index < -0.39 is 15.8 Å². The number of hydrogen-bond donors (Lipinski definition) is 1. The van der Waals surface area contributed by atoms with Gasteiger partial charge < -0.3 is 10.1 Å². The maximum atomic E-state index is 13.3. The quantitative estimate of drug-likeness (QED) is 0.878. The molecule has 1 saturated heterocycles. The van der Waals surface area contributed by atoms with Crippen LogP contribution in [0.3, 0.4) is 0 Å². The van der Waals surface area contributed by atoms with Crippen LogP contribution in [0.1, 0.15) is 6.92 Å². The lowest BCUT2D eigenvalue weighted by molar-refractivity contribution is 0.276. The first-order chi connectivity index (χ1) is 9.50. The van der Waals surface area contributed by atoms with Crippen LogP contribution in [0.4, 0.5) is 4.39 Å². The van der Waals surface area contributed by atoms with Crippen molar-refractivity contribution in [1.82, 2.24) is 9.62 Å². The van der Waals surface area contributed by atoms with E-state index in [1.807, 2.05) is 6.92 Å². The highest BCUT2D eigenvalue weighted by Crippen LogP contribution is 2.16. The van der Waals surface area contributed by atoms with Crippen molar-refractivity contribution in [1.29, 1.82) is 0 Å². The van der Waals surface area contributed by atoms with Gasteiger partial charge in [-0.3, -0.25) is 0 Å². The molecule has 0 aromatic heterocycles. The minimum absolute atomic E-state index is 0. The van der Waals surface area contributed by atoms with Crippen LogP contribution in [-0.2, 0) is 10.0 Å². The fourth-order valence-electron chi connectivity index (χ4n) is 2.17. The fraction of sp³-hybridized carbons (Fsp3) is 0.538. The van der Waals surface area contributed by atoms with Gasteiger partial charge in [0.2, 0.25) is 10.0 Å². The molecule has 1 N–H and O–H groups in total. The number of halogens is 2. The number of sulfonamides is 1. The number of rotatable bonds is 5. The van der Waals surface area contributed by atoms with Crippen molar-refractivity contribution in [3.8, 4) is 5.75 Å². The van der Waals surface area contributed by atoms with Crippen molar-refractivity contribution < 1.29 is 17.5 Å². The maximum absolute atomic E-state index is 13.3. The molecule has 8 heteroatoms. The second-order valence-corrected chi connectivity index (χ2v) is 6.80. The standard InChI is InChI=1S/C13H19FN2O3S.ClH/c1-11-10-15-6-7-16(11)20(17,18)9-8-19-13-5-3-2-4-12(13)14;/h2-5,11,15H,6-10H2,1H3;1H. The molecule has 0 aliphatic carbocycles. The molecule has 1 atom stereocenters. The third-order valence-corrected chi connectivity index (χ3v) is 5.17. The van der Waals surface area contributed by atoms with Gasteiger partial charge in [-0.1, -0.05) is 12.1 Å². The summed E-state index contributed by atoms with van der Waals surface area (Å²) in [6.07, 6.45) is 0. The third-order valence-electron chi connectivity index (χ3n) is 3.23. The highest BCUT2D eigenvalue weighted by atomic mass is 35.5. The van der Waals surface area contributed by atoms with Gasteiger partial charge in [0.05, 0.1) is 5.75 Å². The zero-order chi connectivity index (χ0) is 14.6. The Kier molecular flexibility index (Phi) is 6.86. The molecule has 1 aliphatic rings. The Bertz CT molecular complexity index is 556. The van der Waals surface area contributed by atoms with E-state index in [0.717, 1.165) is 0 Å². The molecule has 0 spiro atoms. The van der Waals surface area contributed by atoms with Gasteiger partial charge in [-0.25, -0.2) is 12.8 Å². The molecule has 0 amide bonds. The Balaban J connectivity index is 0.00000220. The van der Waals surface area contributed by atoms with Gasteiger partial charge in [0.1, 0.15) is 6.61 Å². The summed E-state index contributed by atoms with van der Waals surface area (Å²) in [5.41, 5.74) is 0. The van der Waals surface area contributed by atoms with Gasteiger partial charge in [-0.15, -0.1) is 12.4 Å². The molecule has 120 valence electrons. The van der Waals surface area contributed by atoms with E-state index in [0.29, 0.717) is 19.6 Å². The fourth-order valence-corrected chi connectivity index (χ4v) is 3.69. The summed E-state index contributed by atoms with van der Waals surface area (Å²) >= 11 is 0. The first kappa shape index (κ1) is 18.2. The summed E-state index contributed by atoms with van der Waals surface area (Å²) in [7, 11) is -3.37. The van der Waals surface area contributed by atoms with Crippen LogP contribution in [0.2, 0.25) is 0 Å². The van der Waals surface area contributed by atoms with Crippen LogP contribution in [0.15, 0.2) is 24.3 Å². The first-order valence-corrected chi connectivity index (χ1v) is 8.19. The lowest BCUT2D eigenvalue weighted by Crippen LogP contribution is -2.53. The van der Waals surface area contributed by atoms with Crippen LogP contribution in [0.25, 0.3) is 0 Å². The number of ether oxygens (including phenoxy) is 1. The number of para-hydroxylation sites is 1. The molecule has 1 aliphatic heterocycles. The monoisotopic (exact) mass is 338 g/mol. The maximum Gasteiger partial charge on any atom is 0.217 e. The molecule has 1 heterocycles. The van der Waals surface area contributed by atoms with E-state index in [1.165, 1.54) is 16.4 Å². The second kappa shape index (κ2) is 7.93. The smallest absolute Gasteiger partial charge is 0.217 e. The van der Waals surface area contributed by atoms with Crippen molar-refractivity contribution in [3.63, 3.8) is 0 Å². The van der Waals surface area contributed by atoms with Crippen LogP contribution < -0.4 is 10.1 Å². The number of benzene rings is 1. The highest BCUT2D eigenvalue weighted by Gasteiger charge is 2.29. The normalized spacial score (nSPS) is 19.8. The van der Waals surface area contributed by atoms with Gasteiger partial charge in [0.25, 0.3) is 0 Å². The van der Waals surface area contributed by atoms with Crippen LogP contribution in [0.5, 0.6) is 5.75 Å². The molecule has 1 fully saturated rings. The van der Waals surface area contributed by atoms with Gasteiger partial charge in [0.15, 0.2) is 11.6 Å². The molecule has 1 aromatic carbocycles. The Morgan fingerprint density at radius 1 is 1.43 bits per heavy atom. The molecule has 2 rings (SSSR count). The number of hydrogen-bond acceptors (Lipinski definition) is 4. The van der Waals surface area contributed by atoms with Gasteiger partial charge in [0, 0.05) is 25.7 Å². The van der Waals surface area contributed by atoms with E-state index in [4.69, 9.17) is 4.74 Å². The molecule has 0 radical (unpaired) electrons. The zero-order valence-corrected chi connectivity index (χ0v) is 13.4. The number of nitrogens with one attached hydrogen (secondary N) is 1. The lowest BCUT2D eigenvalue weighted by Gasteiger charge is -2.32. The molecular formula is C13H20ClFN2O3S. The molecular weight excluding hydrogens is 319 g/mol. The predicted octanol–water partition coefficient (Wildman–Crippen LogP) is 1.25. The lowest BCUT2D eigenvalue weighted by atomic mass is 10.3. The topological polar surface area (TPSA) is 58.6 Å². The van der Waals surface area contributed by atoms with Crippen LogP contribution in [-0.4, -0.2) is 50.8 Å². The molecule has 21 heavy (non-hydrogen) atoms. The average molecular weight is 339 g/mol. The largest absolute Gasteiger partial charge is 0.489 e. The Morgan fingerprint density at radius 2 is 2.14 bits per heavy atom. The third kappa shape index (κ3) is 4.81. The van der Waals surface area contributed by atoms with Crippen LogP contribution in [0, 0.1) is 5.82 Å². The number of piperazine rings is 1. The molecule has 1 aromatic rings. The summed E-state index contributed by atoms with van der Waals surface area (Å²) in [6.45, 7) is 3.57. The second-order valence-electron chi connectivity index (χ2n) is 4.76. The van der Waals surface area contributed by atoms with Crippen LogP contribution >= 0.6 is 12.4 Å². The Labute approximate surface area is 130 Å². The summed E-state index contributed by atoms with van der Waals surface area (Å²) in [5, 5.41) is 3.14. The molecule has 5 nitrogen and oxygen atoms in total. The molecule has 1 unspecified atom stereocenters. The van der Waals surface area contributed by atoms with Gasteiger partial charge in [-0.05, 0) is 19.1 Å². The summed E-state index contributed by atoms with van der Waals surface area (Å²) in [5.74, 6) is -0.553. The minimum atomic E-state index is -3.37. The van der Waals surface area contributed by atoms with Gasteiger partial charge in [-0.2, -0.15) is 4.31 Å². The van der Waals surface area contributed by atoms with E-state index in [2.05, 4.69) is 5.32 Å². The van der Waals surface area contributed by atoms with E-state index in [1.54, 1.807) is 12.1 Å². The Morgan fingerprint density at radius 3 is 2.81 bits per heavy atom. The zero-order valence-electron chi connectivity index (χ0n) is 11.8. The van der Waals surface area contributed by atoms with Crippen molar-refractivity contribution in [3.05, 3.63) is 30.1 Å². The minimum Gasteiger partial charge on any atom is -0.489 e. The predicted molar refractivity (Wildman–Crippen MR) is 82.0 cm³/mol. The first-order valence-electron chi connectivity index (χ1n) is 6.58. The van der Waals surface area contributed by atoms with E-state index in [-0.39, 0.29) is 36.6 Å². The van der Waals surface area contributed by atoms with Gasteiger partial charge >= 0.3 is 0 Å². The van der Waals surface area contributed by atoms with Crippen molar-refractivity contribution >= 4 is 22.4 Å². The van der Waals surface area contributed by atoms with E-state index in [9.17, 15) is 12.8 Å². The summed E-state index contributed by atoms with van der Waals surface area (Å²) < 4.78 is 44.4. The van der Waals surface area contributed by atoms with Crippen molar-refractivity contribution in [2.45, 2.75) is 13.0 Å². The Hall–Kier alpha value is -0.890. The summed E-state index contributed by atoms with van der Waals surface area (Å²) in [6, 6.07) is 5.90. The molecule has 0 saturated carbocycles. The molecule has 0 bridgehead atoms. The average Bonchev–Trinajstić information content (AvgIpc) is 2.41. The van der Waals surface area contributed by atoms with E-state index >= 15 is 0 Å². The summed E-state index contributed by atoms with van der Waals surface area (Å²) in [4.78, 5) is 0. The highest BCUT2D eigenvalue weighted by molar-refractivity contribution is 7.89. The number of nitrogens with zero attached hydrogens (tertiary/aromatic N) is 1.